The van der Waals surface area contributed by atoms with Crippen LogP contribution in [-0.4, -0.2) is 20.5 Å². The fourth-order valence-electron chi connectivity index (χ4n) is 1.38. The number of hydrogen-bond acceptors (Lipinski definition) is 2. The highest BCUT2D eigenvalue weighted by Crippen LogP contribution is 2.32. The van der Waals surface area contributed by atoms with Crippen molar-refractivity contribution in [3.05, 3.63) is 34.3 Å². The Hall–Kier alpha value is -1.57. The summed E-state index contributed by atoms with van der Waals surface area (Å²) in [6.45, 7) is 0. The van der Waals surface area contributed by atoms with Crippen molar-refractivity contribution in [2.45, 2.75) is 6.18 Å². The zero-order chi connectivity index (χ0) is 12.8. The summed E-state index contributed by atoms with van der Waals surface area (Å²) in [6, 6.07) is 2.20. The Kier molecular flexibility index (Phi) is 2.61. The molecule has 0 spiro atoms. The first-order valence-electron chi connectivity index (χ1n) is 4.29. The first kappa shape index (κ1) is 11.9. The largest absolute Gasteiger partial charge is 0.478 e. The van der Waals surface area contributed by atoms with Crippen molar-refractivity contribution in [1.29, 1.82) is 0 Å². The molecule has 0 aromatic carbocycles. The van der Waals surface area contributed by atoms with Crippen molar-refractivity contribution < 1.29 is 23.1 Å². The predicted molar refractivity (Wildman–Crippen MR) is 54.9 cm³/mol. The fourth-order valence-corrected chi connectivity index (χ4v) is 1.85. The van der Waals surface area contributed by atoms with Crippen molar-refractivity contribution in [2.75, 3.05) is 0 Å². The van der Waals surface area contributed by atoms with Crippen molar-refractivity contribution in [3.8, 4) is 0 Å². The fraction of sp³-hybridized carbons (Fsp3) is 0.111. The van der Waals surface area contributed by atoms with Crippen LogP contribution in [0.15, 0.2) is 22.9 Å². The van der Waals surface area contributed by atoms with Crippen LogP contribution in [-0.2, 0) is 6.18 Å². The van der Waals surface area contributed by atoms with Crippen LogP contribution in [0.5, 0.6) is 0 Å². The summed E-state index contributed by atoms with van der Waals surface area (Å²) < 4.78 is 38.4. The molecular formula is C9H4BrF3N2O2. The zero-order valence-electron chi connectivity index (χ0n) is 7.99. The molecule has 0 radical (unpaired) electrons. The van der Waals surface area contributed by atoms with Crippen LogP contribution >= 0.6 is 15.9 Å². The van der Waals surface area contributed by atoms with Gasteiger partial charge in [-0.1, -0.05) is 0 Å². The number of carboxylic acids is 1. The third kappa shape index (κ3) is 1.99. The molecule has 2 rings (SSSR count). The molecule has 8 heteroatoms. The molecule has 2 heterocycles. The van der Waals surface area contributed by atoms with Gasteiger partial charge in [-0.15, -0.1) is 0 Å². The van der Waals surface area contributed by atoms with Crippen LogP contribution in [0.1, 0.15) is 16.2 Å². The van der Waals surface area contributed by atoms with Crippen LogP contribution in [0.4, 0.5) is 13.2 Å². The summed E-state index contributed by atoms with van der Waals surface area (Å²) in [5, 5.41) is 8.73. The molecule has 0 amide bonds. The monoisotopic (exact) mass is 308 g/mol. The SMILES string of the molecule is O=C(O)c1ccn2c(C(F)(F)F)nc(Br)c2c1. The van der Waals surface area contributed by atoms with Crippen molar-refractivity contribution in [2.24, 2.45) is 0 Å². The van der Waals surface area contributed by atoms with E-state index >= 15 is 0 Å². The number of halogens is 4. The number of nitrogens with zero attached hydrogens (tertiary/aromatic N) is 2. The molecule has 0 atom stereocenters. The number of pyridine rings is 1. The molecule has 2 aromatic heterocycles. The van der Waals surface area contributed by atoms with Gasteiger partial charge in [0, 0.05) is 6.20 Å². The zero-order valence-corrected chi connectivity index (χ0v) is 9.58. The number of imidazole rings is 1. The number of carbonyl (C=O) groups is 1. The van der Waals surface area contributed by atoms with E-state index in [0.717, 1.165) is 22.7 Å². The van der Waals surface area contributed by atoms with Gasteiger partial charge >= 0.3 is 12.1 Å². The number of aromatic carboxylic acids is 1. The first-order valence-corrected chi connectivity index (χ1v) is 5.08. The van der Waals surface area contributed by atoms with Gasteiger partial charge in [0.1, 0.15) is 4.60 Å². The summed E-state index contributed by atoms with van der Waals surface area (Å²) >= 11 is 2.87. The molecule has 0 aliphatic carbocycles. The average molecular weight is 309 g/mol. The third-order valence-corrected chi connectivity index (χ3v) is 2.68. The maximum absolute atomic E-state index is 12.6. The minimum atomic E-state index is -4.60. The predicted octanol–water partition coefficient (Wildman–Crippen LogP) is 2.81. The molecule has 0 aliphatic rings. The van der Waals surface area contributed by atoms with Gasteiger partial charge in [0.2, 0.25) is 5.82 Å². The number of fused-ring (bicyclic) bond motifs is 1. The lowest BCUT2D eigenvalue weighted by Gasteiger charge is -2.04. The molecule has 0 saturated carbocycles. The average Bonchev–Trinajstić information content (AvgIpc) is 2.55. The Bertz CT molecular complexity index is 606. The van der Waals surface area contributed by atoms with Gasteiger partial charge in [-0.2, -0.15) is 13.2 Å². The lowest BCUT2D eigenvalue weighted by atomic mass is 10.2. The topological polar surface area (TPSA) is 54.6 Å². The van der Waals surface area contributed by atoms with E-state index in [1.807, 2.05) is 0 Å². The maximum Gasteiger partial charge on any atom is 0.450 e. The van der Waals surface area contributed by atoms with E-state index < -0.39 is 18.0 Å². The number of alkyl halides is 3. The second kappa shape index (κ2) is 3.73. The summed E-state index contributed by atoms with van der Waals surface area (Å²) in [6.07, 6.45) is -3.57. The molecule has 0 aliphatic heterocycles. The minimum Gasteiger partial charge on any atom is -0.478 e. The Balaban J connectivity index is 2.74. The van der Waals surface area contributed by atoms with Crippen LogP contribution in [0.2, 0.25) is 0 Å². The number of hydrogen-bond donors (Lipinski definition) is 1. The summed E-state index contributed by atoms with van der Waals surface area (Å²) in [5.74, 6) is -2.31. The van der Waals surface area contributed by atoms with Crippen LogP contribution < -0.4 is 0 Å². The highest BCUT2D eigenvalue weighted by molar-refractivity contribution is 9.10. The first-order chi connectivity index (χ1) is 7.80. The summed E-state index contributed by atoms with van der Waals surface area (Å²) in [4.78, 5) is 14.0. The van der Waals surface area contributed by atoms with E-state index in [-0.39, 0.29) is 15.7 Å². The Morgan fingerprint density at radius 3 is 2.65 bits per heavy atom. The standard InChI is InChI=1S/C9H4BrF3N2O2/c10-6-5-3-4(7(16)17)1-2-15(5)8(14-6)9(11,12)13/h1-3H,(H,16,17). The number of aromatic nitrogens is 2. The quantitative estimate of drug-likeness (QED) is 0.881. The Labute approximate surface area is 101 Å². The highest BCUT2D eigenvalue weighted by atomic mass is 79.9. The van der Waals surface area contributed by atoms with E-state index in [0.29, 0.717) is 0 Å². The molecule has 0 unspecified atom stereocenters. The Morgan fingerprint density at radius 2 is 2.12 bits per heavy atom. The van der Waals surface area contributed by atoms with Gasteiger partial charge in [0.25, 0.3) is 0 Å². The summed E-state index contributed by atoms with van der Waals surface area (Å²) in [5.41, 5.74) is -0.0518. The highest BCUT2D eigenvalue weighted by Gasteiger charge is 2.37. The van der Waals surface area contributed by atoms with Crippen LogP contribution in [0.3, 0.4) is 0 Å². The smallest absolute Gasteiger partial charge is 0.450 e. The van der Waals surface area contributed by atoms with Gasteiger partial charge in [-0.25, -0.2) is 9.78 Å². The van der Waals surface area contributed by atoms with Crippen molar-refractivity contribution >= 4 is 27.4 Å². The van der Waals surface area contributed by atoms with E-state index in [1.165, 1.54) is 0 Å². The number of carboxylic acid groups (broad SMARTS) is 1. The molecule has 0 bridgehead atoms. The maximum atomic E-state index is 12.6. The molecule has 0 saturated heterocycles. The van der Waals surface area contributed by atoms with Gasteiger partial charge in [0.05, 0.1) is 11.1 Å². The molecule has 1 N–H and O–H groups in total. The van der Waals surface area contributed by atoms with Crippen molar-refractivity contribution in [1.82, 2.24) is 9.38 Å². The minimum absolute atomic E-state index is 0.0482. The molecule has 0 fully saturated rings. The van der Waals surface area contributed by atoms with Gasteiger partial charge in [-0.05, 0) is 28.1 Å². The van der Waals surface area contributed by atoms with Crippen LogP contribution in [0, 0.1) is 0 Å². The number of rotatable bonds is 1. The summed E-state index contributed by atoms with van der Waals surface area (Å²) in [7, 11) is 0. The molecule has 4 nitrogen and oxygen atoms in total. The third-order valence-electron chi connectivity index (χ3n) is 2.10. The second-order valence-corrected chi connectivity index (χ2v) is 3.95. The molecule has 90 valence electrons. The molecular weight excluding hydrogens is 305 g/mol. The van der Waals surface area contributed by atoms with E-state index in [9.17, 15) is 18.0 Å². The second-order valence-electron chi connectivity index (χ2n) is 3.20. The van der Waals surface area contributed by atoms with Gasteiger partial charge in [-0.3, -0.25) is 4.40 Å². The van der Waals surface area contributed by atoms with E-state index in [4.69, 9.17) is 5.11 Å². The van der Waals surface area contributed by atoms with E-state index in [2.05, 4.69) is 20.9 Å². The normalized spacial score (nSPS) is 12.0. The molecule has 2 aromatic rings. The van der Waals surface area contributed by atoms with Crippen molar-refractivity contribution in [3.63, 3.8) is 0 Å². The van der Waals surface area contributed by atoms with Crippen LogP contribution in [0.25, 0.3) is 5.52 Å². The lowest BCUT2D eigenvalue weighted by molar-refractivity contribution is -0.145. The lowest BCUT2D eigenvalue weighted by Crippen LogP contribution is -2.10. The van der Waals surface area contributed by atoms with E-state index in [1.54, 1.807) is 0 Å². The molecule has 17 heavy (non-hydrogen) atoms. The van der Waals surface area contributed by atoms with Gasteiger partial charge < -0.3 is 5.11 Å². The van der Waals surface area contributed by atoms with Gasteiger partial charge in [0.15, 0.2) is 0 Å². The Morgan fingerprint density at radius 1 is 1.47 bits per heavy atom.